The molecule has 0 amide bonds. The molecule has 0 spiro atoms. The van der Waals surface area contributed by atoms with Crippen molar-refractivity contribution >= 4 is 22.6 Å². The van der Waals surface area contributed by atoms with E-state index in [1.54, 1.807) is 0 Å². The van der Waals surface area contributed by atoms with Crippen LogP contribution in [0.1, 0.15) is 30.3 Å². The van der Waals surface area contributed by atoms with Crippen LogP contribution in [-0.2, 0) is 11.3 Å². The van der Waals surface area contributed by atoms with Crippen LogP contribution in [0.25, 0.3) is 0 Å². The van der Waals surface area contributed by atoms with Crippen molar-refractivity contribution in [1.29, 1.82) is 0 Å². The first-order chi connectivity index (χ1) is 8.37. The van der Waals surface area contributed by atoms with E-state index >= 15 is 0 Å². The number of aromatic nitrogens is 2. The van der Waals surface area contributed by atoms with Gasteiger partial charge in [0.1, 0.15) is 19.0 Å². The summed E-state index contributed by atoms with van der Waals surface area (Å²) < 4.78 is 40.7. The van der Waals surface area contributed by atoms with Crippen LogP contribution in [0, 0.1) is 3.57 Å². The lowest BCUT2D eigenvalue weighted by Gasteiger charge is -2.08. The first-order valence-corrected chi connectivity index (χ1v) is 6.38. The largest absolute Gasteiger partial charge is 0.411 e. The highest BCUT2D eigenvalue weighted by atomic mass is 127. The fraction of sp³-hybridized carbons (Fsp3) is 0.600. The zero-order chi connectivity index (χ0) is 13.3. The monoisotopic (exact) mass is 374 g/mol. The Hall–Kier alpha value is -0.640. The number of nitrogens with zero attached hydrogens (tertiary/aromatic N) is 1. The highest BCUT2D eigenvalue weighted by Crippen LogP contribution is 2.40. The van der Waals surface area contributed by atoms with Gasteiger partial charge < -0.3 is 9.72 Å². The predicted molar refractivity (Wildman–Crippen MR) is 65.3 cm³/mol. The minimum Gasteiger partial charge on any atom is -0.364 e. The Morgan fingerprint density at radius 1 is 1.44 bits per heavy atom. The summed E-state index contributed by atoms with van der Waals surface area (Å²) in [4.78, 5) is 18.1. The van der Waals surface area contributed by atoms with Gasteiger partial charge in [0.2, 0.25) is 0 Å². The summed E-state index contributed by atoms with van der Waals surface area (Å²) in [6.07, 6.45) is -2.44. The number of ether oxygens (including phenoxy) is 1. The van der Waals surface area contributed by atoms with E-state index in [4.69, 9.17) is 0 Å². The van der Waals surface area contributed by atoms with Crippen LogP contribution < -0.4 is 5.56 Å². The maximum atomic E-state index is 11.9. The highest BCUT2D eigenvalue weighted by molar-refractivity contribution is 14.1. The maximum absolute atomic E-state index is 11.9. The molecule has 0 radical (unpaired) electrons. The standard InChI is InChI=1S/C10H10F3IN2O2/c11-10(12,13)4-18-3-6-15-8(5-1-2-5)7(14)9(17)16-6/h5H,1-4H2,(H,15,16,17). The smallest absolute Gasteiger partial charge is 0.364 e. The van der Waals surface area contributed by atoms with Gasteiger partial charge in [0, 0.05) is 5.92 Å². The molecule has 1 aromatic rings. The molecule has 0 aromatic carbocycles. The maximum Gasteiger partial charge on any atom is 0.411 e. The van der Waals surface area contributed by atoms with E-state index in [9.17, 15) is 18.0 Å². The summed E-state index contributed by atoms with van der Waals surface area (Å²) in [5.74, 6) is 0.409. The highest BCUT2D eigenvalue weighted by Gasteiger charge is 2.30. The molecule has 1 aliphatic rings. The van der Waals surface area contributed by atoms with Crippen molar-refractivity contribution in [2.24, 2.45) is 0 Å². The molecule has 8 heteroatoms. The van der Waals surface area contributed by atoms with Crippen molar-refractivity contribution in [2.45, 2.75) is 31.5 Å². The number of hydrogen-bond donors (Lipinski definition) is 1. The van der Waals surface area contributed by atoms with E-state index in [1.165, 1.54) is 0 Å². The molecule has 1 saturated carbocycles. The summed E-state index contributed by atoms with van der Waals surface area (Å²) in [6.45, 7) is -1.69. The molecule has 1 aromatic heterocycles. The third kappa shape index (κ3) is 3.67. The Labute approximate surface area is 114 Å². The van der Waals surface area contributed by atoms with E-state index in [-0.39, 0.29) is 23.9 Å². The van der Waals surface area contributed by atoms with Gasteiger partial charge in [-0.1, -0.05) is 0 Å². The normalized spacial score (nSPS) is 16.0. The average molecular weight is 374 g/mol. The van der Waals surface area contributed by atoms with Gasteiger partial charge in [-0.15, -0.1) is 0 Å². The van der Waals surface area contributed by atoms with Crippen LogP contribution in [0.2, 0.25) is 0 Å². The summed E-state index contributed by atoms with van der Waals surface area (Å²) in [7, 11) is 0. The Bertz CT molecular complexity index is 497. The number of halogens is 4. The fourth-order valence-electron chi connectivity index (χ4n) is 1.48. The summed E-state index contributed by atoms with van der Waals surface area (Å²) in [6, 6.07) is 0. The molecular formula is C10H10F3IN2O2. The average Bonchev–Trinajstić information content (AvgIpc) is 3.04. The SMILES string of the molecule is O=c1[nH]c(COCC(F)(F)F)nc(C2CC2)c1I. The molecule has 0 atom stereocenters. The van der Waals surface area contributed by atoms with Gasteiger partial charge in [-0.2, -0.15) is 13.2 Å². The molecule has 2 rings (SSSR count). The van der Waals surface area contributed by atoms with Crippen molar-refractivity contribution in [3.05, 3.63) is 25.4 Å². The second-order valence-corrected chi connectivity index (χ2v) is 5.17. The summed E-state index contributed by atoms with van der Waals surface area (Å²) >= 11 is 1.90. The van der Waals surface area contributed by atoms with Crippen LogP contribution >= 0.6 is 22.6 Å². The quantitative estimate of drug-likeness (QED) is 0.824. The van der Waals surface area contributed by atoms with Crippen LogP contribution in [0.4, 0.5) is 13.2 Å². The molecule has 0 aliphatic heterocycles. The van der Waals surface area contributed by atoms with Gasteiger partial charge in [0.05, 0.1) is 9.26 Å². The van der Waals surface area contributed by atoms with Crippen molar-refractivity contribution in [3.63, 3.8) is 0 Å². The number of rotatable bonds is 4. The number of alkyl halides is 3. The van der Waals surface area contributed by atoms with Gasteiger partial charge in [-0.25, -0.2) is 4.98 Å². The molecule has 1 N–H and O–H groups in total. The van der Waals surface area contributed by atoms with Crippen LogP contribution in [0.15, 0.2) is 4.79 Å². The Morgan fingerprint density at radius 2 is 2.11 bits per heavy atom. The molecule has 1 fully saturated rings. The number of nitrogens with one attached hydrogen (secondary N) is 1. The minimum absolute atomic E-state index is 0.145. The van der Waals surface area contributed by atoms with Gasteiger partial charge in [-0.05, 0) is 35.4 Å². The lowest BCUT2D eigenvalue weighted by molar-refractivity contribution is -0.177. The molecule has 4 nitrogen and oxygen atoms in total. The van der Waals surface area contributed by atoms with Crippen molar-refractivity contribution < 1.29 is 17.9 Å². The van der Waals surface area contributed by atoms with Gasteiger partial charge >= 0.3 is 6.18 Å². The van der Waals surface area contributed by atoms with Crippen LogP contribution in [0.3, 0.4) is 0 Å². The second-order valence-electron chi connectivity index (χ2n) is 4.09. The van der Waals surface area contributed by atoms with E-state index in [0.717, 1.165) is 12.8 Å². The van der Waals surface area contributed by atoms with Gasteiger partial charge in [0.15, 0.2) is 0 Å². The molecular weight excluding hydrogens is 364 g/mol. The van der Waals surface area contributed by atoms with Crippen LogP contribution in [0.5, 0.6) is 0 Å². The lowest BCUT2D eigenvalue weighted by atomic mass is 10.3. The molecule has 100 valence electrons. The number of hydrogen-bond acceptors (Lipinski definition) is 3. The van der Waals surface area contributed by atoms with E-state index in [1.807, 2.05) is 22.6 Å². The number of H-pyrrole nitrogens is 1. The van der Waals surface area contributed by atoms with Crippen molar-refractivity contribution in [1.82, 2.24) is 9.97 Å². The molecule has 1 aliphatic carbocycles. The second kappa shape index (κ2) is 5.16. The van der Waals surface area contributed by atoms with E-state index in [0.29, 0.717) is 9.26 Å². The minimum atomic E-state index is -4.37. The van der Waals surface area contributed by atoms with Gasteiger partial charge in [-0.3, -0.25) is 4.79 Å². The first kappa shape index (κ1) is 13.8. The van der Waals surface area contributed by atoms with Crippen LogP contribution in [-0.4, -0.2) is 22.8 Å². The van der Waals surface area contributed by atoms with E-state index in [2.05, 4.69) is 14.7 Å². The third-order valence-corrected chi connectivity index (χ3v) is 3.45. The zero-order valence-electron chi connectivity index (χ0n) is 9.18. The summed E-state index contributed by atoms with van der Waals surface area (Å²) in [5.41, 5.74) is 0.350. The predicted octanol–water partition coefficient (Wildman–Crippen LogP) is 2.33. The Morgan fingerprint density at radius 3 is 2.67 bits per heavy atom. The Balaban J connectivity index is 2.07. The van der Waals surface area contributed by atoms with Gasteiger partial charge in [0.25, 0.3) is 5.56 Å². The molecule has 0 unspecified atom stereocenters. The Kier molecular flexibility index (Phi) is 3.95. The third-order valence-electron chi connectivity index (χ3n) is 2.41. The number of aromatic amines is 1. The molecule has 0 bridgehead atoms. The molecule has 1 heterocycles. The molecule has 18 heavy (non-hydrogen) atoms. The zero-order valence-corrected chi connectivity index (χ0v) is 11.3. The molecule has 0 saturated heterocycles. The first-order valence-electron chi connectivity index (χ1n) is 5.30. The fourth-order valence-corrected chi connectivity index (χ4v) is 2.18. The van der Waals surface area contributed by atoms with Crippen molar-refractivity contribution in [2.75, 3.05) is 6.61 Å². The van der Waals surface area contributed by atoms with Crippen molar-refractivity contribution in [3.8, 4) is 0 Å². The lowest BCUT2D eigenvalue weighted by Crippen LogP contribution is -2.21. The summed E-state index contributed by atoms with van der Waals surface area (Å²) in [5, 5.41) is 0. The topological polar surface area (TPSA) is 55.0 Å². The van der Waals surface area contributed by atoms with E-state index < -0.39 is 12.8 Å².